The summed E-state index contributed by atoms with van der Waals surface area (Å²) in [6.45, 7) is 16.4. The molecule has 2 aromatic heterocycles. The molecule has 0 radical (unpaired) electrons. The quantitative estimate of drug-likeness (QED) is 0.522. The van der Waals surface area contributed by atoms with Gasteiger partial charge in [0.15, 0.2) is 6.10 Å². The molecular formula is C27H39N3O4. The summed E-state index contributed by atoms with van der Waals surface area (Å²) in [6.07, 6.45) is 5.34. The van der Waals surface area contributed by atoms with Gasteiger partial charge in [0, 0.05) is 36.1 Å². The van der Waals surface area contributed by atoms with Crippen molar-refractivity contribution in [1.29, 1.82) is 0 Å². The molecule has 7 nitrogen and oxygen atoms in total. The fraction of sp³-hybridized carbons (Fsp3) is 0.593. The van der Waals surface area contributed by atoms with Crippen LogP contribution >= 0.6 is 0 Å². The van der Waals surface area contributed by atoms with E-state index in [2.05, 4.69) is 35.6 Å². The van der Waals surface area contributed by atoms with E-state index in [1.807, 2.05) is 39.8 Å². The molecule has 0 amide bonds. The Morgan fingerprint density at radius 1 is 1.18 bits per heavy atom. The van der Waals surface area contributed by atoms with Crippen LogP contribution in [0.25, 0.3) is 11.3 Å². The molecule has 1 N–H and O–H groups in total. The van der Waals surface area contributed by atoms with Gasteiger partial charge >= 0.3 is 5.97 Å². The predicted molar refractivity (Wildman–Crippen MR) is 134 cm³/mol. The Balaban J connectivity index is 2.16. The average molecular weight is 470 g/mol. The van der Waals surface area contributed by atoms with Gasteiger partial charge in [-0.2, -0.15) is 0 Å². The highest BCUT2D eigenvalue weighted by Gasteiger charge is 2.35. The zero-order chi connectivity index (χ0) is 25.1. The molecule has 1 unspecified atom stereocenters. The summed E-state index contributed by atoms with van der Waals surface area (Å²) in [5.74, 6) is -0.307. The van der Waals surface area contributed by atoms with Crippen molar-refractivity contribution < 1.29 is 19.4 Å². The van der Waals surface area contributed by atoms with E-state index in [0.29, 0.717) is 23.6 Å². The van der Waals surface area contributed by atoms with Gasteiger partial charge < -0.3 is 19.5 Å². The van der Waals surface area contributed by atoms with Crippen LogP contribution in [0.1, 0.15) is 78.2 Å². The maximum atomic E-state index is 12.5. The SMILES string of the molecule is CCCOc1ccc(-c2cnc(C)c(C(OC(C)(C)C)C(=O)O)c2N2CCC(C)(C)CC2)nc1. The Morgan fingerprint density at radius 2 is 1.85 bits per heavy atom. The van der Waals surface area contributed by atoms with Crippen LogP contribution < -0.4 is 9.64 Å². The van der Waals surface area contributed by atoms with Gasteiger partial charge in [0.25, 0.3) is 0 Å². The molecule has 3 rings (SSSR count). The maximum absolute atomic E-state index is 12.5. The minimum atomic E-state index is -1.13. The Bertz CT molecular complexity index is 986. The van der Waals surface area contributed by atoms with Gasteiger partial charge in [0.2, 0.25) is 0 Å². The van der Waals surface area contributed by atoms with E-state index >= 15 is 0 Å². The van der Waals surface area contributed by atoms with E-state index in [1.54, 1.807) is 12.4 Å². The van der Waals surface area contributed by atoms with Crippen molar-refractivity contribution in [1.82, 2.24) is 9.97 Å². The molecule has 1 atom stereocenters. The summed E-state index contributed by atoms with van der Waals surface area (Å²) in [5, 5.41) is 10.2. The molecule has 0 spiro atoms. The predicted octanol–water partition coefficient (Wildman–Crippen LogP) is 5.81. The lowest BCUT2D eigenvalue weighted by Gasteiger charge is -2.40. The molecule has 0 bridgehead atoms. The molecule has 34 heavy (non-hydrogen) atoms. The molecule has 1 fully saturated rings. The molecule has 3 heterocycles. The smallest absolute Gasteiger partial charge is 0.337 e. The highest BCUT2D eigenvalue weighted by Crippen LogP contribution is 2.43. The summed E-state index contributed by atoms with van der Waals surface area (Å²) < 4.78 is 11.8. The first-order valence-corrected chi connectivity index (χ1v) is 12.2. The van der Waals surface area contributed by atoms with E-state index in [9.17, 15) is 9.90 Å². The van der Waals surface area contributed by atoms with Gasteiger partial charge in [0.1, 0.15) is 5.75 Å². The first-order valence-electron chi connectivity index (χ1n) is 12.2. The number of aliphatic carboxylic acids is 1. The van der Waals surface area contributed by atoms with Crippen LogP contribution in [0.2, 0.25) is 0 Å². The average Bonchev–Trinajstić information content (AvgIpc) is 2.76. The van der Waals surface area contributed by atoms with Gasteiger partial charge in [-0.25, -0.2) is 4.79 Å². The monoisotopic (exact) mass is 469 g/mol. The van der Waals surface area contributed by atoms with Crippen molar-refractivity contribution in [2.75, 3.05) is 24.6 Å². The van der Waals surface area contributed by atoms with Crippen LogP contribution in [-0.2, 0) is 9.53 Å². The van der Waals surface area contributed by atoms with Crippen molar-refractivity contribution in [3.63, 3.8) is 0 Å². The van der Waals surface area contributed by atoms with Crippen molar-refractivity contribution in [3.8, 4) is 17.0 Å². The van der Waals surface area contributed by atoms with Crippen molar-refractivity contribution in [2.45, 2.75) is 79.4 Å². The summed E-state index contributed by atoms with van der Waals surface area (Å²) in [6, 6.07) is 3.82. The number of aromatic nitrogens is 2. The number of aryl methyl sites for hydroxylation is 1. The number of rotatable bonds is 8. The number of hydrogen-bond donors (Lipinski definition) is 1. The molecule has 2 aromatic rings. The second kappa shape index (κ2) is 10.3. The molecule has 7 heteroatoms. The number of pyridine rings is 2. The van der Waals surface area contributed by atoms with E-state index in [-0.39, 0.29) is 5.41 Å². The number of ether oxygens (including phenoxy) is 2. The van der Waals surface area contributed by atoms with E-state index < -0.39 is 17.7 Å². The van der Waals surface area contributed by atoms with E-state index in [0.717, 1.165) is 49.3 Å². The van der Waals surface area contributed by atoms with Crippen LogP contribution in [0.4, 0.5) is 5.69 Å². The fourth-order valence-electron chi connectivity index (χ4n) is 4.22. The highest BCUT2D eigenvalue weighted by molar-refractivity contribution is 5.85. The van der Waals surface area contributed by atoms with Gasteiger partial charge in [-0.15, -0.1) is 0 Å². The first kappa shape index (κ1) is 25.9. The summed E-state index contributed by atoms with van der Waals surface area (Å²) in [7, 11) is 0. The van der Waals surface area contributed by atoms with Gasteiger partial charge in [0.05, 0.1) is 29.8 Å². The first-order chi connectivity index (χ1) is 15.9. The normalized spacial score (nSPS) is 16.9. The number of carbonyl (C=O) groups is 1. The molecule has 0 aromatic carbocycles. The van der Waals surface area contributed by atoms with E-state index in [4.69, 9.17) is 9.47 Å². The third-order valence-corrected chi connectivity index (χ3v) is 6.16. The topological polar surface area (TPSA) is 84.8 Å². The van der Waals surface area contributed by atoms with Crippen molar-refractivity contribution in [3.05, 3.63) is 35.8 Å². The molecule has 0 aliphatic carbocycles. The second-order valence-corrected chi connectivity index (χ2v) is 10.8. The number of hydrogen-bond acceptors (Lipinski definition) is 6. The number of piperidine rings is 1. The lowest BCUT2D eigenvalue weighted by Crippen LogP contribution is -2.39. The Labute approximate surface area is 203 Å². The van der Waals surface area contributed by atoms with Crippen LogP contribution in [0.15, 0.2) is 24.5 Å². The summed E-state index contributed by atoms with van der Waals surface area (Å²) in [5.41, 5.74) is 3.28. The molecular weight excluding hydrogens is 430 g/mol. The molecule has 1 aliphatic rings. The third kappa shape index (κ3) is 6.26. The number of nitrogens with zero attached hydrogens (tertiary/aromatic N) is 3. The minimum Gasteiger partial charge on any atom is -0.492 e. The summed E-state index contributed by atoms with van der Waals surface area (Å²) >= 11 is 0. The Hall–Kier alpha value is -2.67. The van der Waals surface area contributed by atoms with Gasteiger partial charge in [-0.05, 0) is 64.5 Å². The zero-order valence-electron chi connectivity index (χ0n) is 21.6. The van der Waals surface area contributed by atoms with Crippen LogP contribution in [0.5, 0.6) is 5.75 Å². The second-order valence-electron chi connectivity index (χ2n) is 10.8. The van der Waals surface area contributed by atoms with Crippen molar-refractivity contribution in [2.24, 2.45) is 5.41 Å². The zero-order valence-corrected chi connectivity index (χ0v) is 21.6. The number of anilines is 1. The summed E-state index contributed by atoms with van der Waals surface area (Å²) in [4.78, 5) is 24.0. The maximum Gasteiger partial charge on any atom is 0.337 e. The van der Waals surface area contributed by atoms with Gasteiger partial charge in [-0.1, -0.05) is 20.8 Å². The molecule has 186 valence electrons. The van der Waals surface area contributed by atoms with Crippen LogP contribution in [-0.4, -0.2) is 46.3 Å². The number of carboxylic acid groups (broad SMARTS) is 1. The number of carboxylic acids is 1. The lowest BCUT2D eigenvalue weighted by atomic mass is 9.82. The van der Waals surface area contributed by atoms with E-state index in [1.165, 1.54) is 0 Å². The van der Waals surface area contributed by atoms with Crippen LogP contribution in [0, 0.1) is 12.3 Å². The molecule has 1 aliphatic heterocycles. The standard InChI is InChI=1S/C27H39N3O4/c1-8-15-33-19-9-10-21(29-16-19)20-17-28-18(2)22(24(25(31)32)34-26(3,4)5)23(20)30-13-11-27(6,7)12-14-30/h9-10,16-17,24H,8,11-15H2,1-7H3,(H,31,32). The third-order valence-electron chi connectivity index (χ3n) is 6.16. The minimum absolute atomic E-state index is 0.253. The van der Waals surface area contributed by atoms with Crippen LogP contribution in [0.3, 0.4) is 0 Å². The lowest BCUT2D eigenvalue weighted by molar-refractivity contribution is -0.160. The Morgan fingerprint density at radius 3 is 2.38 bits per heavy atom. The highest BCUT2D eigenvalue weighted by atomic mass is 16.5. The fourth-order valence-corrected chi connectivity index (χ4v) is 4.22. The van der Waals surface area contributed by atoms with Crippen molar-refractivity contribution >= 4 is 11.7 Å². The van der Waals surface area contributed by atoms with Gasteiger partial charge in [-0.3, -0.25) is 9.97 Å². The largest absolute Gasteiger partial charge is 0.492 e. The Kier molecular flexibility index (Phi) is 7.86. The molecule has 0 saturated carbocycles. The molecule has 1 saturated heterocycles.